The maximum absolute atomic E-state index is 12.6. The first-order chi connectivity index (χ1) is 11.5. The molecule has 0 saturated heterocycles. The molecule has 2 amide bonds. The highest BCUT2D eigenvalue weighted by molar-refractivity contribution is 6.53. The molecule has 3 rings (SSSR count). The molecule has 0 saturated carbocycles. The van der Waals surface area contributed by atoms with Crippen LogP contribution in [-0.4, -0.2) is 11.8 Å². The Hall–Kier alpha value is -2.59. The molecule has 0 unspecified atom stereocenters. The van der Waals surface area contributed by atoms with Crippen molar-refractivity contribution in [3.8, 4) is 0 Å². The first kappa shape index (κ1) is 16.3. The second kappa shape index (κ2) is 6.49. The predicted molar refractivity (Wildman–Crippen MR) is 96.0 cm³/mol. The van der Waals surface area contributed by atoms with Crippen molar-refractivity contribution in [2.45, 2.75) is 20.3 Å². The maximum Gasteiger partial charge on any atom is 0.283 e. The zero-order chi connectivity index (χ0) is 17.3. The zero-order valence-electron chi connectivity index (χ0n) is 13.5. The van der Waals surface area contributed by atoms with Gasteiger partial charge in [-0.1, -0.05) is 48.4 Å². The van der Waals surface area contributed by atoms with Gasteiger partial charge in [-0.25, -0.2) is 4.90 Å². The monoisotopic (exact) mass is 340 g/mol. The highest BCUT2D eigenvalue weighted by Gasteiger charge is 2.38. The normalized spacial score (nSPS) is 14.5. The van der Waals surface area contributed by atoms with Gasteiger partial charge >= 0.3 is 0 Å². The lowest BCUT2D eigenvalue weighted by Gasteiger charge is -2.15. The molecule has 0 bridgehead atoms. The predicted octanol–water partition coefficient (Wildman–Crippen LogP) is 3.99. The number of hydrogen-bond acceptors (Lipinski definition) is 3. The van der Waals surface area contributed by atoms with E-state index in [2.05, 4.69) is 12.2 Å². The van der Waals surface area contributed by atoms with Crippen LogP contribution in [0.25, 0.3) is 0 Å². The van der Waals surface area contributed by atoms with Gasteiger partial charge in [0.1, 0.15) is 10.7 Å². The number of rotatable bonds is 4. The topological polar surface area (TPSA) is 49.4 Å². The van der Waals surface area contributed by atoms with E-state index in [4.69, 9.17) is 11.6 Å². The molecule has 2 aromatic rings. The first-order valence-corrected chi connectivity index (χ1v) is 8.10. The Bertz CT molecular complexity index is 823. The number of imide groups is 1. The molecule has 1 heterocycles. The van der Waals surface area contributed by atoms with E-state index in [0.717, 1.165) is 16.9 Å². The summed E-state index contributed by atoms with van der Waals surface area (Å²) in [6.45, 7) is 4.01. The van der Waals surface area contributed by atoms with Gasteiger partial charge in [-0.3, -0.25) is 9.59 Å². The number of nitrogens with zero attached hydrogens (tertiary/aromatic N) is 1. The summed E-state index contributed by atoms with van der Waals surface area (Å²) in [5.74, 6) is -0.966. The summed E-state index contributed by atoms with van der Waals surface area (Å²) in [6, 6.07) is 14.8. The standard InChI is InChI=1S/C19H17ClN2O2/c1-3-13-6-8-14(9-7-13)21-17-16(20)18(23)22(19(17)24)15-10-4-12(2)5-11-15/h4-11,21H,3H2,1-2H3. The van der Waals surface area contributed by atoms with Crippen LogP contribution in [-0.2, 0) is 16.0 Å². The summed E-state index contributed by atoms with van der Waals surface area (Å²) < 4.78 is 0. The summed E-state index contributed by atoms with van der Waals surface area (Å²) >= 11 is 6.11. The Balaban J connectivity index is 1.87. The summed E-state index contributed by atoms with van der Waals surface area (Å²) in [4.78, 5) is 26.1. The fraction of sp³-hybridized carbons (Fsp3) is 0.158. The quantitative estimate of drug-likeness (QED) is 0.856. The minimum absolute atomic E-state index is 0.0971. The lowest BCUT2D eigenvalue weighted by molar-refractivity contribution is -0.120. The largest absolute Gasteiger partial charge is 0.350 e. The fourth-order valence-corrected chi connectivity index (χ4v) is 2.72. The minimum atomic E-state index is -0.516. The summed E-state index contributed by atoms with van der Waals surface area (Å²) in [5.41, 5.74) is 3.56. The van der Waals surface area contributed by atoms with Crippen molar-refractivity contribution in [2.24, 2.45) is 0 Å². The second-order valence-electron chi connectivity index (χ2n) is 5.65. The molecule has 0 fully saturated rings. The smallest absolute Gasteiger partial charge is 0.283 e. The van der Waals surface area contributed by atoms with E-state index >= 15 is 0 Å². The van der Waals surface area contributed by atoms with Crippen molar-refractivity contribution < 1.29 is 9.59 Å². The third kappa shape index (κ3) is 2.93. The van der Waals surface area contributed by atoms with Crippen molar-refractivity contribution in [2.75, 3.05) is 10.2 Å². The lowest BCUT2D eigenvalue weighted by atomic mass is 10.1. The van der Waals surface area contributed by atoms with Crippen LogP contribution >= 0.6 is 11.6 Å². The van der Waals surface area contributed by atoms with E-state index < -0.39 is 11.8 Å². The molecule has 0 radical (unpaired) electrons. The number of carbonyl (C=O) groups excluding carboxylic acids is 2. The Morgan fingerprint density at radius 1 is 0.958 bits per heavy atom. The molecule has 0 aromatic heterocycles. The van der Waals surface area contributed by atoms with Crippen LogP contribution in [0.2, 0.25) is 0 Å². The van der Waals surface area contributed by atoms with E-state index in [1.165, 1.54) is 5.56 Å². The second-order valence-corrected chi connectivity index (χ2v) is 6.02. The molecular formula is C19H17ClN2O2. The molecule has 5 heteroatoms. The van der Waals surface area contributed by atoms with E-state index in [-0.39, 0.29) is 10.7 Å². The molecule has 1 N–H and O–H groups in total. The van der Waals surface area contributed by atoms with Crippen molar-refractivity contribution in [3.05, 3.63) is 70.4 Å². The van der Waals surface area contributed by atoms with E-state index in [0.29, 0.717) is 11.4 Å². The number of carbonyl (C=O) groups is 2. The molecule has 122 valence electrons. The highest BCUT2D eigenvalue weighted by Crippen LogP contribution is 2.30. The number of anilines is 2. The minimum Gasteiger partial charge on any atom is -0.350 e. The van der Waals surface area contributed by atoms with Crippen LogP contribution in [0.15, 0.2) is 59.3 Å². The SMILES string of the molecule is CCc1ccc(NC2=C(Cl)C(=O)N(c3ccc(C)cc3)C2=O)cc1. The van der Waals surface area contributed by atoms with Crippen molar-refractivity contribution in [3.63, 3.8) is 0 Å². The summed E-state index contributed by atoms with van der Waals surface area (Å²) in [7, 11) is 0. The number of halogens is 1. The summed E-state index contributed by atoms with van der Waals surface area (Å²) in [6.07, 6.45) is 0.933. The molecule has 4 nitrogen and oxygen atoms in total. The van der Waals surface area contributed by atoms with Crippen LogP contribution in [0.1, 0.15) is 18.1 Å². The summed E-state index contributed by atoms with van der Waals surface area (Å²) in [5, 5.41) is 2.87. The van der Waals surface area contributed by atoms with Gasteiger partial charge in [0.25, 0.3) is 11.8 Å². The van der Waals surface area contributed by atoms with Crippen LogP contribution in [0, 0.1) is 6.92 Å². The average molecular weight is 341 g/mol. The maximum atomic E-state index is 12.6. The Morgan fingerprint density at radius 2 is 1.58 bits per heavy atom. The van der Waals surface area contributed by atoms with Crippen LogP contribution in [0.3, 0.4) is 0 Å². The third-order valence-electron chi connectivity index (χ3n) is 3.95. The molecule has 0 spiro atoms. The Labute approximate surface area is 145 Å². The molecule has 0 aliphatic carbocycles. The van der Waals surface area contributed by atoms with Gasteiger partial charge in [-0.05, 0) is 43.2 Å². The van der Waals surface area contributed by atoms with Crippen LogP contribution in [0.4, 0.5) is 11.4 Å². The molecule has 0 atom stereocenters. The average Bonchev–Trinajstić information content (AvgIpc) is 2.80. The number of aryl methyl sites for hydroxylation is 2. The molecular weight excluding hydrogens is 324 g/mol. The number of amides is 2. The van der Waals surface area contributed by atoms with Gasteiger partial charge in [-0.15, -0.1) is 0 Å². The van der Waals surface area contributed by atoms with E-state index in [1.54, 1.807) is 12.1 Å². The molecule has 1 aliphatic heterocycles. The Morgan fingerprint density at radius 3 is 2.17 bits per heavy atom. The van der Waals surface area contributed by atoms with E-state index in [1.807, 2.05) is 43.3 Å². The van der Waals surface area contributed by atoms with Crippen molar-refractivity contribution >= 4 is 34.8 Å². The third-order valence-corrected chi connectivity index (χ3v) is 4.30. The first-order valence-electron chi connectivity index (χ1n) is 7.72. The van der Waals surface area contributed by atoms with Crippen LogP contribution < -0.4 is 10.2 Å². The zero-order valence-corrected chi connectivity index (χ0v) is 14.2. The number of hydrogen-bond donors (Lipinski definition) is 1. The number of benzene rings is 2. The van der Waals surface area contributed by atoms with E-state index in [9.17, 15) is 9.59 Å². The molecule has 2 aromatic carbocycles. The molecule has 24 heavy (non-hydrogen) atoms. The van der Waals surface area contributed by atoms with Crippen molar-refractivity contribution in [1.82, 2.24) is 0 Å². The lowest BCUT2D eigenvalue weighted by Crippen LogP contribution is -2.32. The van der Waals surface area contributed by atoms with Gasteiger partial charge in [0.05, 0.1) is 5.69 Å². The highest BCUT2D eigenvalue weighted by atomic mass is 35.5. The van der Waals surface area contributed by atoms with Gasteiger partial charge < -0.3 is 5.32 Å². The van der Waals surface area contributed by atoms with Crippen molar-refractivity contribution in [1.29, 1.82) is 0 Å². The van der Waals surface area contributed by atoms with Gasteiger partial charge in [-0.2, -0.15) is 0 Å². The van der Waals surface area contributed by atoms with Crippen LogP contribution in [0.5, 0.6) is 0 Å². The molecule has 1 aliphatic rings. The van der Waals surface area contributed by atoms with Gasteiger partial charge in [0, 0.05) is 5.69 Å². The van der Waals surface area contributed by atoms with Gasteiger partial charge in [0.2, 0.25) is 0 Å². The Kier molecular flexibility index (Phi) is 4.40. The van der Waals surface area contributed by atoms with Gasteiger partial charge in [0.15, 0.2) is 0 Å². The number of nitrogens with one attached hydrogen (secondary N) is 1. The fourth-order valence-electron chi connectivity index (χ4n) is 2.51.